The van der Waals surface area contributed by atoms with Crippen molar-refractivity contribution in [1.82, 2.24) is 0 Å². The monoisotopic (exact) mass is 329 g/mol. The highest BCUT2D eigenvalue weighted by Crippen LogP contribution is 2.27. The van der Waals surface area contributed by atoms with Crippen LogP contribution in [0.3, 0.4) is 0 Å². The molecule has 1 heterocycles. The lowest BCUT2D eigenvalue weighted by Gasteiger charge is -2.13. The van der Waals surface area contributed by atoms with E-state index in [4.69, 9.17) is 21.4 Å². The van der Waals surface area contributed by atoms with Gasteiger partial charge in [-0.15, -0.1) is 11.8 Å². The van der Waals surface area contributed by atoms with E-state index in [2.05, 4.69) is 5.32 Å². The molecule has 1 aromatic rings. The van der Waals surface area contributed by atoms with E-state index in [-0.39, 0.29) is 23.3 Å². The molecule has 1 aliphatic heterocycles. The van der Waals surface area contributed by atoms with Crippen LogP contribution in [0.25, 0.3) is 0 Å². The summed E-state index contributed by atoms with van der Waals surface area (Å²) in [4.78, 5) is 22.8. The van der Waals surface area contributed by atoms with E-state index in [0.29, 0.717) is 16.0 Å². The first-order valence-electron chi connectivity index (χ1n) is 6.53. The Balaban J connectivity index is 1.93. The van der Waals surface area contributed by atoms with Crippen LogP contribution < -0.4 is 5.32 Å². The molecule has 0 radical (unpaired) electrons. The zero-order valence-electron chi connectivity index (χ0n) is 11.5. The first kappa shape index (κ1) is 16.1. The summed E-state index contributed by atoms with van der Waals surface area (Å²) in [6, 6.07) is 4.21. The molecule has 1 aliphatic rings. The molecule has 21 heavy (non-hydrogen) atoms. The van der Waals surface area contributed by atoms with Gasteiger partial charge in [0.2, 0.25) is 5.91 Å². The molecule has 0 saturated carbocycles. The summed E-state index contributed by atoms with van der Waals surface area (Å²) < 4.78 is 5.44. The highest BCUT2D eigenvalue weighted by molar-refractivity contribution is 8.00. The third kappa shape index (κ3) is 4.36. The topological polar surface area (TPSA) is 75.6 Å². The third-order valence-electron chi connectivity index (χ3n) is 3.22. The van der Waals surface area contributed by atoms with Crippen molar-refractivity contribution < 1.29 is 19.4 Å². The van der Waals surface area contributed by atoms with E-state index >= 15 is 0 Å². The van der Waals surface area contributed by atoms with E-state index in [0.717, 1.165) is 13.0 Å². The minimum Gasteiger partial charge on any atom is -0.478 e. The zero-order chi connectivity index (χ0) is 15.4. The van der Waals surface area contributed by atoms with Gasteiger partial charge in [0.15, 0.2) is 0 Å². The van der Waals surface area contributed by atoms with E-state index in [1.807, 2.05) is 6.92 Å². The smallest absolute Gasteiger partial charge is 0.335 e. The molecule has 1 saturated heterocycles. The number of rotatable bonds is 5. The fourth-order valence-electron chi connectivity index (χ4n) is 2.05. The van der Waals surface area contributed by atoms with Crippen LogP contribution in [0.15, 0.2) is 18.2 Å². The Morgan fingerprint density at radius 2 is 2.29 bits per heavy atom. The van der Waals surface area contributed by atoms with Crippen LogP contribution >= 0.6 is 23.4 Å². The molecule has 7 heteroatoms. The number of hydrogen-bond acceptors (Lipinski definition) is 4. The largest absolute Gasteiger partial charge is 0.478 e. The Labute approximate surface area is 132 Å². The number of ether oxygens (including phenoxy) is 1. The van der Waals surface area contributed by atoms with Gasteiger partial charge in [0, 0.05) is 11.9 Å². The third-order valence-corrected chi connectivity index (χ3v) is 5.03. The van der Waals surface area contributed by atoms with Crippen molar-refractivity contribution in [3.05, 3.63) is 28.8 Å². The number of hydrogen-bond donors (Lipinski definition) is 2. The van der Waals surface area contributed by atoms with E-state index in [1.165, 1.54) is 30.0 Å². The maximum atomic E-state index is 11.9. The lowest BCUT2D eigenvalue weighted by Crippen LogP contribution is -2.20. The molecule has 1 aromatic carbocycles. The SMILES string of the molecule is CC1OCCC1SCC(=O)Nc1cc(C(=O)O)ccc1Cl. The number of thioether (sulfide) groups is 1. The average molecular weight is 330 g/mol. The van der Waals surface area contributed by atoms with Crippen molar-refractivity contribution in [3.8, 4) is 0 Å². The quantitative estimate of drug-likeness (QED) is 0.868. The number of carboxylic acid groups (broad SMARTS) is 1. The van der Waals surface area contributed by atoms with Crippen LogP contribution in [0.2, 0.25) is 5.02 Å². The molecule has 5 nitrogen and oxygen atoms in total. The first-order valence-corrected chi connectivity index (χ1v) is 7.96. The van der Waals surface area contributed by atoms with Crippen molar-refractivity contribution in [3.63, 3.8) is 0 Å². The number of benzene rings is 1. The van der Waals surface area contributed by atoms with Gasteiger partial charge >= 0.3 is 5.97 Å². The van der Waals surface area contributed by atoms with Gasteiger partial charge in [-0.2, -0.15) is 0 Å². The van der Waals surface area contributed by atoms with Crippen molar-refractivity contribution in [2.45, 2.75) is 24.7 Å². The first-order chi connectivity index (χ1) is 9.97. The van der Waals surface area contributed by atoms with Crippen LogP contribution in [0.4, 0.5) is 5.69 Å². The van der Waals surface area contributed by atoms with Crippen LogP contribution in [-0.2, 0) is 9.53 Å². The molecule has 0 aromatic heterocycles. The number of carboxylic acids is 1. The van der Waals surface area contributed by atoms with Gasteiger partial charge in [-0.25, -0.2) is 4.79 Å². The molecule has 2 N–H and O–H groups in total. The Bertz CT molecular complexity index is 552. The predicted molar refractivity (Wildman–Crippen MR) is 83.3 cm³/mol. The minimum absolute atomic E-state index is 0.0835. The summed E-state index contributed by atoms with van der Waals surface area (Å²) in [5.41, 5.74) is 0.401. The van der Waals surface area contributed by atoms with E-state index < -0.39 is 5.97 Å². The Morgan fingerprint density at radius 3 is 2.90 bits per heavy atom. The van der Waals surface area contributed by atoms with Crippen molar-refractivity contribution in [1.29, 1.82) is 0 Å². The number of aromatic carboxylic acids is 1. The second kappa shape index (κ2) is 7.15. The van der Waals surface area contributed by atoms with Crippen LogP contribution in [0, 0.1) is 0 Å². The number of carbonyl (C=O) groups excluding carboxylic acids is 1. The lowest BCUT2D eigenvalue weighted by molar-refractivity contribution is -0.113. The van der Waals surface area contributed by atoms with Crippen molar-refractivity contribution >= 4 is 40.9 Å². The fourth-order valence-corrected chi connectivity index (χ4v) is 3.27. The number of amides is 1. The van der Waals surface area contributed by atoms with Gasteiger partial charge in [-0.05, 0) is 31.5 Å². The molecule has 1 amide bonds. The second-order valence-electron chi connectivity index (χ2n) is 4.76. The molecule has 0 bridgehead atoms. The predicted octanol–water partition coefficient (Wildman–Crippen LogP) is 2.89. The van der Waals surface area contributed by atoms with Gasteiger partial charge in [0.1, 0.15) is 0 Å². The van der Waals surface area contributed by atoms with Gasteiger partial charge in [0.25, 0.3) is 0 Å². The highest BCUT2D eigenvalue weighted by Gasteiger charge is 2.25. The van der Waals surface area contributed by atoms with Crippen LogP contribution in [-0.4, -0.2) is 40.7 Å². The lowest BCUT2D eigenvalue weighted by atomic mass is 10.2. The molecule has 0 spiro atoms. The molecule has 0 aliphatic carbocycles. The molecule has 114 valence electrons. The molecule has 2 rings (SSSR count). The molecular weight excluding hydrogens is 314 g/mol. The van der Waals surface area contributed by atoms with Gasteiger partial charge in [0.05, 0.1) is 28.1 Å². The van der Waals surface area contributed by atoms with Crippen LogP contribution in [0.1, 0.15) is 23.7 Å². The normalized spacial score (nSPS) is 21.2. The van der Waals surface area contributed by atoms with Gasteiger partial charge in [-0.3, -0.25) is 4.79 Å². The summed E-state index contributed by atoms with van der Waals surface area (Å²) in [6.45, 7) is 2.72. The highest BCUT2D eigenvalue weighted by atomic mass is 35.5. The van der Waals surface area contributed by atoms with Crippen molar-refractivity contribution in [2.75, 3.05) is 17.7 Å². The molecular formula is C14H16ClNO4S. The molecule has 2 atom stereocenters. The molecule has 1 fully saturated rings. The van der Waals surface area contributed by atoms with Gasteiger partial charge < -0.3 is 15.2 Å². The van der Waals surface area contributed by atoms with E-state index in [9.17, 15) is 9.59 Å². The standard InChI is InChI=1S/C14H16ClNO4S/c1-8-12(4-5-20-8)21-7-13(17)16-11-6-9(14(18)19)2-3-10(11)15/h2-3,6,8,12H,4-5,7H2,1H3,(H,16,17)(H,18,19). The van der Waals surface area contributed by atoms with Crippen LogP contribution in [0.5, 0.6) is 0 Å². The Hall–Kier alpha value is -1.24. The number of halogens is 1. The number of carbonyl (C=O) groups is 2. The summed E-state index contributed by atoms with van der Waals surface area (Å²) in [7, 11) is 0. The average Bonchev–Trinajstić information content (AvgIpc) is 2.84. The Kier molecular flexibility index (Phi) is 5.50. The maximum absolute atomic E-state index is 11.9. The summed E-state index contributed by atoms with van der Waals surface area (Å²) in [5, 5.41) is 12.2. The summed E-state index contributed by atoms with van der Waals surface area (Å²) in [5.74, 6) is -0.983. The number of nitrogens with one attached hydrogen (secondary N) is 1. The summed E-state index contributed by atoms with van der Waals surface area (Å²) >= 11 is 7.50. The minimum atomic E-state index is -1.06. The van der Waals surface area contributed by atoms with Crippen molar-refractivity contribution in [2.24, 2.45) is 0 Å². The fraction of sp³-hybridized carbons (Fsp3) is 0.429. The van der Waals surface area contributed by atoms with E-state index in [1.54, 1.807) is 0 Å². The maximum Gasteiger partial charge on any atom is 0.335 e. The van der Waals surface area contributed by atoms with Gasteiger partial charge in [-0.1, -0.05) is 11.6 Å². The Morgan fingerprint density at radius 1 is 1.52 bits per heavy atom. The molecule has 2 unspecified atom stereocenters. The zero-order valence-corrected chi connectivity index (χ0v) is 13.0. The summed E-state index contributed by atoms with van der Waals surface area (Å²) in [6.07, 6.45) is 1.09. The number of anilines is 1. The second-order valence-corrected chi connectivity index (χ2v) is 6.40.